The molecule has 1 aromatic carbocycles. The summed E-state index contributed by atoms with van der Waals surface area (Å²) >= 11 is 0. The zero-order valence-corrected chi connectivity index (χ0v) is 23.8. The third-order valence-electron chi connectivity index (χ3n) is 8.62. The quantitative estimate of drug-likeness (QED) is 0.313. The van der Waals surface area contributed by atoms with Gasteiger partial charge in [0.25, 0.3) is 0 Å². The number of allylic oxidation sites excluding steroid dienone is 2. The van der Waals surface area contributed by atoms with Crippen LogP contribution in [0.5, 0.6) is 0 Å². The van der Waals surface area contributed by atoms with E-state index in [0.29, 0.717) is 5.65 Å². The van der Waals surface area contributed by atoms with Crippen LogP contribution >= 0.6 is 0 Å². The molecule has 3 aliphatic rings. The van der Waals surface area contributed by atoms with Gasteiger partial charge in [-0.05, 0) is 88.1 Å². The molecular formula is C32H35N7O2. The van der Waals surface area contributed by atoms with Gasteiger partial charge in [-0.15, -0.1) is 0 Å². The lowest BCUT2D eigenvalue weighted by Crippen LogP contribution is -2.42. The van der Waals surface area contributed by atoms with E-state index in [4.69, 9.17) is 14.7 Å². The van der Waals surface area contributed by atoms with Gasteiger partial charge in [0.2, 0.25) is 0 Å². The molecule has 9 heteroatoms. The Kier molecular flexibility index (Phi) is 6.06. The molecule has 4 heterocycles. The van der Waals surface area contributed by atoms with Crippen LogP contribution in [0.15, 0.2) is 54.9 Å². The number of aromatic nitrogens is 5. The number of ether oxygens (including phenoxy) is 1. The van der Waals surface area contributed by atoms with Crippen LogP contribution in [0.2, 0.25) is 0 Å². The summed E-state index contributed by atoms with van der Waals surface area (Å²) < 4.78 is 5.65. The van der Waals surface area contributed by atoms with Gasteiger partial charge in [-0.25, -0.2) is 14.8 Å². The van der Waals surface area contributed by atoms with Crippen LogP contribution in [0.3, 0.4) is 0 Å². The number of fused-ring (bicyclic) bond motifs is 3. The minimum atomic E-state index is -0.548. The van der Waals surface area contributed by atoms with Crippen molar-refractivity contribution in [1.29, 1.82) is 0 Å². The molecule has 9 nitrogen and oxygen atoms in total. The van der Waals surface area contributed by atoms with Gasteiger partial charge >= 0.3 is 6.09 Å². The first-order valence-corrected chi connectivity index (χ1v) is 14.5. The molecule has 1 amide bonds. The first-order chi connectivity index (χ1) is 19.8. The van der Waals surface area contributed by atoms with Crippen molar-refractivity contribution in [3.63, 3.8) is 0 Å². The van der Waals surface area contributed by atoms with Gasteiger partial charge in [-0.3, -0.25) is 10.1 Å². The van der Waals surface area contributed by atoms with E-state index in [1.807, 2.05) is 45.3 Å². The van der Waals surface area contributed by atoms with Crippen molar-refractivity contribution in [2.45, 2.75) is 70.9 Å². The highest BCUT2D eigenvalue weighted by Gasteiger charge is 2.47. The van der Waals surface area contributed by atoms with Crippen LogP contribution in [0.4, 0.5) is 16.3 Å². The number of carbonyl (C=O) groups is 1. The summed E-state index contributed by atoms with van der Waals surface area (Å²) in [6, 6.07) is 12.4. The van der Waals surface area contributed by atoms with Crippen molar-refractivity contribution in [3.8, 4) is 0 Å². The summed E-state index contributed by atoms with van der Waals surface area (Å²) in [6.45, 7) is 6.55. The molecule has 2 atom stereocenters. The Morgan fingerprint density at radius 1 is 1.15 bits per heavy atom. The summed E-state index contributed by atoms with van der Waals surface area (Å²) in [5, 5.41) is 11.0. The maximum Gasteiger partial charge on any atom is 0.408 e. The van der Waals surface area contributed by atoms with Crippen LogP contribution in [0, 0.1) is 5.41 Å². The normalized spacial score (nSPS) is 21.9. The number of nitrogens with one attached hydrogen (secondary N) is 2. The number of hydrogen-bond donors (Lipinski definition) is 2. The lowest BCUT2D eigenvalue weighted by Gasteiger charge is -2.39. The van der Waals surface area contributed by atoms with Gasteiger partial charge in [0.05, 0.1) is 29.3 Å². The molecule has 0 saturated heterocycles. The molecule has 1 aliphatic heterocycles. The number of carbonyl (C=O) groups excluding carboxylic acids is 1. The highest BCUT2D eigenvalue weighted by Crippen LogP contribution is 2.54. The van der Waals surface area contributed by atoms with Gasteiger partial charge in [0, 0.05) is 18.2 Å². The second-order valence-electron chi connectivity index (χ2n) is 12.5. The Hall–Kier alpha value is -4.27. The van der Waals surface area contributed by atoms with E-state index in [1.54, 1.807) is 0 Å². The first kappa shape index (κ1) is 25.7. The van der Waals surface area contributed by atoms with Gasteiger partial charge in [-0.2, -0.15) is 5.10 Å². The van der Waals surface area contributed by atoms with Gasteiger partial charge in [0.1, 0.15) is 5.60 Å². The minimum absolute atomic E-state index is 0.0987. The van der Waals surface area contributed by atoms with Crippen LogP contribution in [0.1, 0.15) is 75.0 Å². The van der Waals surface area contributed by atoms with Crippen molar-refractivity contribution in [3.05, 3.63) is 77.4 Å². The topological polar surface area (TPSA) is 109 Å². The van der Waals surface area contributed by atoms with Crippen LogP contribution < -0.4 is 10.2 Å². The zero-order chi connectivity index (χ0) is 28.2. The van der Waals surface area contributed by atoms with Crippen molar-refractivity contribution in [2.75, 3.05) is 11.4 Å². The molecule has 2 aliphatic carbocycles. The molecule has 4 aromatic rings. The standard InChI is InChI=1S/C32H35N7O2/c1-31(2,3)41-30(40)36-27-22-9-5-4-8-21(22)18-32(27)14-12-20(13-15-32)24-19-34-26-28(35-24)37-38-29(26)39-17-7-10-23-25(39)11-6-16-33-23/h4-6,8-9,11-12,16,19,27H,7,10,13-15,17-18H2,1-3H3,(H,36,40)(H,35,37,38)/t27-,32-/m0/s1. The highest BCUT2D eigenvalue weighted by atomic mass is 16.6. The zero-order valence-electron chi connectivity index (χ0n) is 23.8. The highest BCUT2D eigenvalue weighted by molar-refractivity contribution is 5.87. The van der Waals surface area contributed by atoms with Gasteiger partial charge in [-0.1, -0.05) is 30.3 Å². The smallest absolute Gasteiger partial charge is 0.408 e. The van der Waals surface area contributed by atoms with Crippen LogP contribution in [-0.2, 0) is 17.6 Å². The maximum absolute atomic E-state index is 12.9. The Bertz CT molecular complexity index is 1670. The Balaban J connectivity index is 1.15. The van der Waals surface area contributed by atoms with E-state index >= 15 is 0 Å². The lowest BCUT2D eigenvalue weighted by atomic mass is 9.70. The van der Waals surface area contributed by atoms with E-state index < -0.39 is 5.60 Å². The Labute approximate surface area is 239 Å². The number of hydrogen-bond acceptors (Lipinski definition) is 7. The third kappa shape index (κ3) is 4.63. The fourth-order valence-electron chi connectivity index (χ4n) is 6.76. The number of H-pyrrole nitrogens is 1. The molecule has 0 fully saturated rings. The van der Waals surface area contributed by atoms with E-state index in [9.17, 15) is 4.79 Å². The number of nitrogens with zero attached hydrogens (tertiary/aromatic N) is 5. The molecule has 210 valence electrons. The summed E-state index contributed by atoms with van der Waals surface area (Å²) in [5.74, 6) is 0.796. The number of anilines is 2. The maximum atomic E-state index is 12.9. The Morgan fingerprint density at radius 2 is 2.02 bits per heavy atom. The van der Waals surface area contributed by atoms with Crippen LogP contribution in [-0.4, -0.2) is 43.4 Å². The van der Waals surface area contributed by atoms with Crippen molar-refractivity contribution in [2.24, 2.45) is 5.41 Å². The predicted molar refractivity (Wildman–Crippen MR) is 158 cm³/mol. The molecule has 7 rings (SSSR count). The number of aryl methyl sites for hydroxylation is 1. The third-order valence-corrected chi connectivity index (χ3v) is 8.62. The van der Waals surface area contributed by atoms with Gasteiger partial charge in [0.15, 0.2) is 17.0 Å². The molecule has 1 spiro atoms. The monoisotopic (exact) mass is 549 g/mol. The second kappa shape index (κ2) is 9.68. The van der Waals surface area contributed by atoms with E-state index in [2.05, 4.69) is 55.7 Å². The number of aromatic amines is 1. The lowest BCUT2D eigenvalue weighted by molar-refractivity contribution is 0.0442. The van der Waals surface area contributed by atoms with Crippen molar-refractivity contribution in [1.82, 2.24) is 30.5 Å². The minimum Gasteiger partial charge on any atom is -0.444 e. The molecule has 41 heavy (non-hydrogen) atoms. The fraction of sp³-hybridized carbons (Fsp3) is 0.406. The van der Waals surface area contributed by atoms with Crippen LogP contribution in [0.25, 0.3) is 16.7 Å². The van der Waals surface area contributed by atoms with Crippen molar-refractivity contribution >= 4 is 34.3 Å². The van der Waals surface area contributed by atoms with E-state index in [1.165, 1.54) is 16.7 Å². The number of amides is 1. The fourth-order valence-corrected chi connectivity index (χ4v) is 6.76. The molecular weight excluding hydrogens is 514 g/mol. The summed E-state index contributed by atoms with van der Waals surface area (Å²) in [7, 11) is 0. The average molecular weight is 550 g/mol. The average Bonchev–Trinajstić information content (AvgIpc) is 3.51. The molecule has 2 N–H and O–H groups in total. The number of rotatable bonds is 3. The molecule has 0 bridgehead atoms. The number of alkyl carbamates (subject to hydrolysis) is 1. The summed E-state index contributed by atoms with van der Waals surface area (Å²) in [6.07, 6.45) is 11.2. The second-order valence-corrected chi connectivity index (χ2v) is 12.5. The molecule has 0 radical (unpaired) electrons. The van der Waals surface area contributed by atoms with E-state index in [0.717, 1.165) is 73.5 Å². The summed E-state index contributed by atoms with van der Waals surface area (Å²) in [5.41, 5.74) is 7.53. The Morgan fingerprint density at radius 3 is 2.85 bits per heavy atom. The largest absolute Gasteiger partial charge is 0.444 e. The van der Waals surface area contributed by atoms with E-state index in [-0.39, 0.29) is 17.6 Å². The molecule has 0 unspecified atom stereocenters. The van der Waals surface area contributed by atoms with Crippen molar-refractivity contribution < 1.29 is 9.53 Å². The number of pyridine rings is 1. The molecule has 0 saturated carbocycles. The summed E-state index contributed by atoms with van der Waals surface area (Å²) in [4.78, 5) is 29.4. The molecule has 3 aromatic heterocycles. The van der Waals surface area contributed by atoms with Gasteiger partial charge < -0.3 is 15.0 Å². The predicted octanol–water partition coefficient (Wildman–Crippen LogP) is 6.21. The first-order valence-electron chi connectivity index (χ1n) is 14.5. The number of benzene rings is 1. The SMILES string of the molecule is CC(C)(C)OC(=O)N[C@H]1c2ccccc2C[C@@]12CC=C(c1cnc3c(N4CCCc5ncccc54)n[nH]c3n1)CC2.